The number of benzene rings is 2. The minimum Gasteiger partial charge on any atom is -0.493 e. The average molecular weight is 393 g/mol. The molecule has 2 aromatic carbocycles. The van der Waals surface area contributed by atoms with E-state index in [-0.39, 0.29) is 23.2 Å². The Kier molecular flexibility index (Phi) is 5.38. The van der Waals surface area contributed by atoms with Crippen molar-refractivity contribution in [2.24, 2.45) is 0 Å². The molecule has 3 aromatic rings. The zero-order valence-corrected chi connectivity index (χ0v) is 15.3. The summed E-state index contributed by atoms with van der Waals surface area (Å²) in [6.45, 7) is -0.208. The molecule has 142 valence electrons. The van der Waals surface area contributed by atoms with E-state index in [0.717, 1.165) is 12.1 Å². The fourth-order valence-corrected chi connectivity index (χ4v) is 3.25. The van der Waals surface area contributed by atoms with Gasteiger partial charge >= 0.3 is 0 Å². The minimum absolute atomic E-state index is 0.0662. The first kappa shape index (κ1) is 18.8. The molecule has 0 saturated heterocycles. The predicted octanol–water partition coefficient (Wildman–Crippen LogP) is 2.37. The van der Waals surface area contributed by atoms with Crippen molar-refractivity contribution in [3.63, 3.8) is 0 Å². The molecule has 3 rings (SSSR count). The lowest BCUT2D eigenvalue weighted by Crippen LogP contribution is -2.23. The van der Waals surface area contributed by atoms with Gasteiger partial charge in [-0.15, -0.1) is 0 Å². The van der Waals surface area contributed by atoms with Gasteiger partial charge in [0.15, 0.2) is 11.5 Å². The van der Waals surface area contributed by atoms with Crippen molar-refractivity contribution in [1.82, 2.24) is 14.9 Å². The Morgan fingerprint density at radius 3 is 2.44 bits per heavy atom. The van der Waals surface area contributed by atoms with Crippen molar-refractivity contribution in [2.75, 3.05) is 14.2 Å². The van der Waals surface area contributed by atoms with Crippen LogP contribution in [-0.2, 0) is 16.6 Å². The summed E-state index contributed by atoms with van der Waals surface area (Å²) in [6, 6.07) is 9.56. The standard InChI is InChI=1S/C17H16FN3O5S/c1-24-14-8-3-11(9-15(14)25-2)17-20-16(26-21-17)10-19-27(22,23)13-6-4-12(18)5-7-13/h3-9,19H,10H2,1-2H3. The summed E-state index contributed by atoms with van der Waals surface area (Å²) in [5, 5.41) is 3.84. The van der Waals surface area contributed by atoms with Gasteiger partial charge < -0.3 is 14.0 Å². The fourth-order valence-electron chi connectivity index (χ4n) is 2.27. The molecule has 0 aliphatic carbocycles. The van der Waals surface area contributed by atoms with Gasteiger partial charge in [0.05, 0.1) is 25.7 Å². The molecule has 0 aliphatic rings. The molecule has 0 bridgehead atoms. The van der Waals surface area contributed by atoms with Crippen molar-refractivity contribution >= 4 is 10.0 Å². The second-order valence-corrected chi connectivity index (χ2v) is 7.13. The minimum atomic E-state index is -3.83. The smallest absolute Gasteiger partial charge is 0.242 e. The summed E-state index contributed by atoms with van der Waals surface area (Å²) in [7, 11) is -0.799. The molecule has 0 amide bonds. The van der Waals surface area contributed by atoms with Crippen molar-refractivity contribution in [1.29, 1.82) is 0 Å². The first-order valence-electron chi connectivity index (χ1n) is 7.73. The average Bonchev–Trinajstić information content (AvgIpc) is 3.15. The lowest BCUT2D eigenvalue weighted by Gasteiger charge is -2.07. The van der Waals surface area contributed by atoms with Crippen molar-refractivity contribution in [2.45, 2.75) is 11.4 Å². The molecule has 0 spiro atoms. The van der Waals surface area contributed by atoms with Gasteiger partial charge in [-0.05, 0) is 42.5 Å². The lowest BCUT2D eigenvalue weighted by atomic mass is 10.2. The molecule has 0 fully saturated rings. The summed E-state index contributed by atoms with van der Waals surface area (Å²) in [4.78, 5) is 4.09. The van der Waals surface area contributed by atoms with Crippen LogP contribution in [0.4, 0.5) is 4.39 Å². The number of nitrogens with zero attached hydrogens (tertiary/aromatic N) is 2. The molecule has 0 aliphatic heterocycles. The van der Waals surface area contributed by atoms with Crippen LogP contribution in [-0.4, -0.2) is 32.8 Å². The van der Waals surface area contributed by atoms with Crippen LogP contribution in [0.1, 0.15) is 5.89 Å². The number of nitrogens with one attached hydrogen (secondary N) is 1. The highest BCUT2D eigenvalue weighted by Crippen LogP contribution is 2.31. The van der Waals surface area contributed by atoms with Gasteiger partial charge in [0.1, 0.15) is 5.82 Å². The first-order valence-corrected chi connectivity index (χ1v) is 9.21. The molecule has 27 heavy (non-hydrogen) atoms. The normalized spacial score (nSPS) is 11.4. The third kappa shape index (κ3) is 4.23. The van der Waals surface area contributed by atoms with Crippen molar-refractivity contribution in [3.05, 3.63) is 54.2 Å². The highest BCUT2D eigenvalue weighted by atomic mass is 32.2. The lowest BCUT2D eigenvalue weighted by molar-refractivity contribution is 0.355. The highest BCUT2D eigenvalue weighted by molar-refractivity contribution is 7.89. The fraction of sp³-hybridized carbons (Fsp3) is 0.176. The second kappa shape index (κ2) is 7.72. The van der Waals surface area contributed by atoms with E-state index >= 15 is 0 Å². The van der Waals surface area contributed by atoms with Gasteiger partial charge in [-0.2, -0.15) is 4.98 Å². The van der Waals surface area contributed by atoms with E-state index < -0.39 is 15.8 Å². The number of sulfonamides is 1. The largest absolute Gasteiger partial charge is 0.493 e. The molecule has 10 heteroatoms. The summed E-state index contributed by atoms with van der Waals surface area (Å²) in [5.74, 6) is 0.873. The zero-order valence-electron chi connectivity index (χ0n) is 14.5. The van der Waals surface area contributed by atoms with Crippen LogP contribution in [0.25, 0.3) is 11.4 Å². The Labute approximate surface area is 155 Å². The maximum Gasteiger partial charge on any atom is 0.242 e. The Bertz CT molecular complexity index is 1030. The molecule has 1 heterocycles. The summed E-state index contributed by atoms with van der Waals surface area (Å²) in [5.41, 5.74) is 0.615. The van der Waals surface area contributed by atoms with Gasteiger partial charge in [-0.25, -0.2) is 17.5 Å². The van der Waals surface area contributed by atoms with Crippen LogP contribution in [0.5, 0.6) is 11.5 Å². The predicted molar refractivity (Wildman–Crippen MR) is 93.3 cm³/mol. The Balaban J connectivity index is 1.74. The van der Waals surface area contributed by atoms with Gasteiger partial charge in [0, 0.05) is 5.56 Å². The van der Waals surface area contributed by atoms with Crippen LogP contribution >= 0.6 is 0 Å². The van der Waals surface area contributed by atoms with Crippen LogP contribution < -0.4 is 14.2 Å². The third-order valence-electron chi connectivity index (χ3n) is 3.65. The number of ether oxygens (including phenoxy) is 2. The number of halogens is 1. The van der Waals surface area contributed by atoms with Gasteiger partial charge in [-0.1, -0.05) is 5.16 Å². The topological polar surface area (TPSA) is 104 Å². The maximum absolute atomic E-state index is 12.9. The summed E-state index contributed by atoms with van der Waals surface area (Å²) in [6.07, 6.45) is 0. The van der Waals surface area contributed by atoms with Gasteiger partial charge in [0.25, 0.3) is 0 Å². The van der Waals surface area contributed by atoms with Gasteiger partial charge in [0.2, 0.25) is 21.7 Å². The Morgan fingerprint density at radius 2 is 1.78 bits per heavy atom. The molecule has 0 unspecified atom stereocenters. The Morgan fingerprint density at radius 1 is 1.07 bits per heavy atom. The molecule has 8 nitrogen and oxygen atoms in total. The van der Waals surface area contributed by atoms with E-state index in [1.807, 2.05) is 0 Å². The Hall–Kier alpha value is -2.98. The van der Waals surface area contributed by atoms with Crippen LogP contribution in [0.3, 0.4) is 0 Å². The maximum atomic E-state index is 12.9. The number of methoxy groups -OCH3 is 2. The monoisotopic (exact) mass is 393 g/mol. The zero-order chi connectivity index (χ0) is 19.4. The van der Waals surface area contributed by atoms with E-state index in [1.54, 1.807) is 18.2 Å². The van der Waals surface area contributed by atoms with Crippen molar-refractivity contribution < 1.29 is 26.8 Å². The molecule has 0 saturated carbocycles. The van der Waals surface area contributed by atoms with Crippen molar-refractivity contribution in [3.8, 4) is 22.9 Å². The number of hydrogen-bond donors (Lipinski definition) is 1. The molecule has 1 aromatic heterocycles. The highest BCUT2D eigenvalue weighted by Gasteiger charge is 2.17. The van der Waals surface area contributed by atoms with E-state index in [4.69, 9.17) is 14.0 Å². The number of aromatic nitrogens is 2. The third-order valence-corrected chi connectivity index (χ3v) is 5.06. The second-order valence-electron chi connectivity index (χ2n) is 5.36. The van der Waals surface area contributed by atoms with E-state index in [9.17, 15) is 12.8 Å². The SMILES string of the molecule is COc1ccc(-c2noc(CNS(=O)(=O)c3ccc(F)cc3)n2)cc1OC. The molecule has 0 atom stereocenters. The van der Waals surface area contributed by atoms with E-state index in [0.29, 0.717) is 17.1 Å². The van der Waals surface area contributed by atoms with E-state index in [2.05, 4.69) is 14.9 Å². The van der Waals surface area contributed by atoms with E-state index in [1.165, 1.54) is 26.4 Å². The summed E-state index contributed by atoms with van der Waals surface area (Å²) < 4.78 is 55.1. The molecule has 1 N–H and O–H groups in total. The number of rotatable bonds is 7. The molecular formula is C17H16FN3O5S. The quantitative estimate of drug-likeness (QED) is 0.657. The summed E-state index contributed by atoms with van der Waals surface area (Å²) >= 11 is 0. The van der Waals surface area contributed by atoms with Crippen LogP contribution in [0.15, 0.2) is 51.9 Å². The van der Waals surface area contributed by atoms with Crippen LogP contribution in [0.2, 0.25) is 0 Å². The molecular weight excluding hydrogens is 377 g/mol. The first-order chi connectivity index (χ1) is 12.9. The molecule has 0 radical (unpaired) electrons. The number of hydrogen-bond acceptors (Lipinski definition) is 7. The van der Waals surface area contributed by atoms with Crippen LogP contribution in [0, 0.1) is 5.82 Å². The van der Waals surface area contributed by atoms with Gasteiger partial charge in [-0.3, -0.25) is 0 Å².